The van der Waals surface area contributed by atoms with Gasteiger partial charge in [0.1, 0.15) is 17.2 Å². The number of nitrogen functional groups attached to an aromatic ring is 1. The first-order valence-corrected chi connectivity index (χ1v) is 13.1. The molecule has 0 atom stereocenters. The van der Waals surface area contributed by atoms with Crippen LogP contribution in [0.25, 0.3) is 38.9 Å². The Balaban J connectivity index is 0.00000294. The van der Waals surface area contributed by atoms with Crippen LogP contribution < -0.4 is 5.73 Å². The molecule has 0 spiro atoms. The number of nitrogens with two attached hydrogens (primary N) is 1. The molecule has 1 aliphatic carbocycles. The first-order chi connectivity index (χ1) is 18.0. The number of aryl methyl sites for hydroxylation is 1. The first kappa shape index (κ1) is 26.9. The summed E-state index contributed by atoms with van der Waals surface area (Å²) in [6.07, 6.45) is 8.54. The SMILES string of the molecule is Cc1c(-c2nc(C3CCC(CN(C)C)CC3)n3ccnc(N)c23)ccc2[c-]cc(-c3ccccc3)nc12.[Y]. The van der Waals surface area contributed by atoms with Crippen LogP contribution in [0.1, 0.15) is 43.0 Å². The Morgan fingerprint density at radius 1 is 1.03 bits per heavy atom. The molecule has 2 aromatic carbocycles. The standard InChI is InChI=1S/C31H33N6.Y/c1-20-25(15-13-23-14-16-26(34-27(20)23)22-7-5-4-6-8-22)28-29-30(32)33-17-18-37(29)31(35-28)24-11-9-21(10-12-24)19-36(2)3;/h4-8,13,15-18,21,24H,9-12,19H2,1-3H3,(H2,32,33);/q-1;. The van der Waals surface area contributed by atoms with Crippen molar-refractivity contribution < 1.29 is 32.7 Å². The number of hydrogen-bond donors (Lipinski definition) is 1. The molecule has 1 saturated carbocycles. The summed E-state index contributed by atoms with van der Waals surface area (Å²) >= 11 is 0. The molecule has 6 nitrogen and oxygen atoms in total. The maximum absolute atomic E-state index is 6.48. The fourth-order valence-electron chi connectivity index (χ4n) is 5.96. The second-order valence-corrected chi connectivity index (χ2v) is 10.6. The van der Waals surface area contributed by atoms with Crippen LogP contribution in [-0.2, 0) is 32.7 Å². The van der Waals surface area contributed by atoms with Crippen LogP contribution >= 0.6 is 0 Å². The molecule has 0 saturated heterocycles. The van der Waals surface area contributed by atoms with Crippen LogP contribution in [0.3, 0.4) is 0 Å². The van der Waals surface area contributed by atoms with Gasteiger partial charge in [0.2, 0.25) is 0 Å². The zero-order valence-electron chi connectivity index (χ0n) is 22.4. The third kappa shape index (κ3) is 5.02. The van der Waals surface area contributed by atoms with Crippen molar-refractivity contribution in [2.75, 3.05) is 26.4 Å². The third-order valence-electron chi connectivity index (χ3n) is 7.80. The van der Waals surface area contributed by atoms with Gasteiger partial charge < -0.3 is 15.6 Å². The molecule has 0 unspecified atom stereocenters. The van der Waals surface area contributed by atoms with E-state index < -0.39 is 0 Å². The zero-order chi connectivity index (χ0) is 25.5. The molecule has 3 heterocycles. The molecule has 2 N–H and O–H groups in total. The number of aromatic nitrogens is 4. The van der Waals surface area contributed by atoms with E-state index in [1.807, 2.05) is 30.5 Å². The van der Waals surface area contributed by atoms with E-state index in [1.165, 1.54) is 12.8 Å². The zero-order valence-corrected chi connectivity index (χ0v) is 25.2. The molecule has 1 fully saturated rings. The molecule has 0 aliphatic heterocycles. The number of benzene rings is 2. The minimum absolute atomic E-state index is 0. The van der Waals surface area contributed by atoms with Crippen molar-refractivity contribution in [2.45, 2.75) is 38.5 Å². The van der Waals surface area contributed by atoms with Gasteiger partial charge in [0.05, 0.1) is 5.69 Å². The molecule has 1 aliphatic rings. The van der Waals surface area contributed by atoms with E-state index in [4.69, 9.17) is 15.7 Å². The minimum Gasteiger partial charge on any atom is -0.382 e. The van der Waals surface area contributed by atoms with Crippen LogP contribution in [-0.4, -0.2) is 44.9 Å². The summed E-state index contributed by atoms with van der Waals surface area (Å²) in [6, 6.07) is 19.9. The average molecular weight is 579 g/mol. The van der Waals surface area contributed by atoms with Gasteiger partial charge in [0.25, 0.3) is 0 Å². The van der Waals surface area contributed by atoms with Crippen molar-refractivity contribution >= 4 is 22.2 Å². The number of rotatable bonds is 5. The van der Waals surface area contributed by atoms with E-state index in [-0.39, 0.29) is 32.7 Å². The van der Waals surface area contributed by atoms with Crippen molar-refractivity contribution in [3.05, 3.63) is 78.4 Å². The first-order valence-electron chi connectivity index (χ1n) is 13.1. The number of fused-ring (bicyclic) bond motifs is 2. The Morgan fingerprint density at radius 2 is 1.79 bits per heavy atom. The summed E-state index contributed by atoms with van der Waals surface area (Å²) in [5.74, 6) is 2.78. The van der Waals surface area contributed by atoms with Crippen LogP contribution in [0, 0.1) is 18.9 Å². The van der Waals surface area contributed by atoms with Crippen molar-refractivity contribution in [1.29, 1.82) is 0 Å². The molecule has 7 heteroatoms. The summed E-state index contributed by atoms with van der Waals surface area (Å²) in [4.78, 5) is 17.1. The van der Waals surface area contributed by atoms with Crippen molar-refractivity contribution in [3.8, 4) is 22.5 Å². The summed E-state index contributed by atoms with van der Waals surface area (Å²) in [5, 5.41) is 0.995. The van der Waals surface area contributed by atoms with E-state index in [9.17, 15) is 0 Å². The minimum atomic E-state index is 0. The Hall–Kier alpha value is -2.67. The van der Waals surface area contributed by atoms with Gasteiger partial charge in [-0.05, 0) is 75.0 Å². The third-order valence-corrected chi connectivity index (χ3v) is 7.80. The van der Waals surface area contributed by atoms with Gasteiger partial charge in [-0.1, -0.05) is 42.0 Å². The van der Waals surface area contributed by atoms with E-state index in [2.05, 4.69) is 65.6 Å². The van der Waals surface area contributed by atoms with Crippen molar-refractivity contribution in [1.82, 2.24) is 24.3 Å². The Labute approximate surface area is 249 Å². The van der Waals surface area contributed by atoms with Crippen LogP contribution in [0.15, 0.2) is 60.9 Å². The fraction of sp³-hybridized carbons (Fsp3) is 0.323. The van der Waals surface area contributed by atoms with Gasteiger partial charge in [-0.25, -0.2) is 9.97 Å². The molecule has 0 amide bonds. The molecule has 3 aromatic heterocycles. The maximum Gasteiger partial charge on any atom is 0.150 e. The number of anilines is 1. The van der Waals surface area contributed by atoms with Crippen molar-refractivity contribution in [2.24, 2.45) is 5.92 Å². The quantitative estimate of drug-likeness (QED) is 0.254. The second-order valence-electron chi connectivity index (χ2n) is 10.6. The largest absolute Gasteiger partial charge is 0.382 e. The molecule has 5 aromatic rings. The average Bonchev–Trinajstić information content (AvgIpc) is 3.30. The van der Waals surface area contributed by atoms with Gasteiger partial charge in [-0.2, -0.15) is 0 Å². The van der Waals surface area contributed by atoms with Gasteiger partial charge in [-0.3, -0.25) is 4.40 Å². The Bertz CT molecular complexity index is 1570. The maximum atomic E-state index is 6.48. The van der Waals surface area contributed by atoms with Gasteiger partial charge in [0, 0.05) is 57.6 Å². The number of nitrogens with zero attached hydrogens (tertiary/aromatic N) is 5. The second kappa shape index (κ2) is 11.2. The van der Waals surface area contributed by atoms with E-state index in [0.29, 0.717) is 11.7 Å². The van der Waals surface area contributed by atoms with Crippen LogP contribution in [0.4, 0.5) is 5.82 Å². The van der Waals surface area contributed by atoms with Gasteiger partial charge in [-0.15, -0.1) is 23.6 Å². The predicted octanol–water partition coefficient (Wildman–Crippen LogP) is 6.14. The summed E-state index contributed by atoms with van der Waals surface area (Å²) < 4.78 is 2.18. The van der Waals surface area contributed by atoms with Gasteiger partial charge in [0.15, 0.2) is 0 Å². The van der Waals surface area contributed by atoms with Gasteiger partial charge >= 0.3 is 0 Å². The number of pyridine rings is 1. The van der Waals surface area contributed by atoms with Crippen molar-refractivity contribution in [3.63, 3.8) is 0 Å². The molecular weight excluding hydrogens is 545 g/mol. The van der Waals surface area contributed by atoms with Crippen LogP contribution in [0.5, 0.6) is 0 Å². The molecule has 38 heavy (non-hydrogen) atoms. The fourth-order valence-corrected chi connectivity index (χ4v) is 5.96. The summed E-state index contributed by atoms with van der Waals surface area (Å²) in [7, 11) is 4.33. The summed E-state index contributed by atoms with van der Waals surface area (Å²) in [5.41, 5.74) is 13.3. The van der Waals surface area contributed by atoms with Crippen LogP contribution in [0.2, 0.25) is 0 Å². The molecular formula is C31H33N6Y-. The molecule has 191 valence electrons. The number of hydrogen-bond acceptors (Lipinski definition) is 5. The number of imidazole rings is 1. The van der Waals surface area contributed by atoms with E-state index in [0.717, 1.165) is 75.6 Å². The van der Waals surface area contributed by atoms with E-state index in [1.54, 1.807) is 6.20 Å². The molecule has 1 radical (unpaired) electrons. The summed E-state index contributed by atoms with van der Waals surface area (Å²) in [6.45, 7) is 3.28. The predicted molar refractivity (Wildman–Crippen MR) is 150 cm³/mol. The smallest absolute Gasteiger partial charge is 0.150 e. The monoisotopic (exact) mass is 578 g/mol. The topological polar surface area (TPSA) is 72.3 Å². The Morgan fingerprint density at radius 3 is 2.53 bits per heavy atom. The van der Waals surface area contributed by atoms with E-state index >= 15 is 0 Å². The molecule has 6 rings (SSSR count). The Kier molecular flexibility index (Phi) is 7.94. The normalized spacial score (nSPS) is 17.7. The molecule has 0 bridgehead atoms.